The van der Waals surface area contributed by atoms with Gasteiger partial charge in [0, 0.05) is 24.9 Å². The van der Waals surface area contributed by atoms with Crippen LogP contribution < -0.4 is 10.6 Å². The fraction of sp³-hybridized carbons (Fsp3) is 0.304. The minimum absolute atomic E-state index is 0.157. The van der Waals surface area contributed by atoms with Crippen molar-refractivity contribution in [3.05, 3.63) is 54.3 Å². The smallest absolute Gasteiger partial charge is 0.324 e. The fourth-order valence-corrected chi connectivity index (χ4v) is 4.74. The topological polar surface area (TPSA) is 105 Å². The van der Waals surface area contributed by atoms with Crippen molar-refractivity contribution in [2.75, 3.05) is 13.6 Å². The van der Waals surface area contributed by atoms with Crippen LogP contribution in [0.2, 0.25) is 0 Å². The van der Waals surface area contributed by atoms with Gasteiger partial charge in [0.25, 0.3) is 11.8 Å². The molecule has 0 unspecified atom stereocenters. The van der Waals surface area contributed by atoms with Gasteiger partial charge in [-0.05, 0) is 37.1 Å². The molecule has 3 aromatic rings. The Hall–Kier alpha value is -3.68. The second kappa shape index (κ2) is 7.23. The molecule has 2 fully saturated rings. The van der Waals surface area contributed by atoms with Crippen LogP contribution in [0, 0.1) is 5.92 Å². The van der Waals surface area contributed by atoms with Gasteiger partial charge in [0.15, 0.2) is 5.76 Å². The Labute approximate surface area is 178 Å². The van der Waals surface area contributed by atoms with E-state index in [1.165, 1.54) is 7.05 Å². The molecule has 31 heavy (non-hydrogen) atoms. The molecule has 1 saturated carbocycles. The number of para-hydroxylation sites is 1. The zero-order valence-electron chi connectivity index (χ0n) is 17.1. The third-order valence-corrected chi connectivity index (χ3v) is 6.38. The zero-order chi connectivity index (χ0) is 21.6. The van der Waals surface area contributed by atoms with Gasteiger partial charge in [-0.1, -0.05) is 24.6 Å². The number of amides is 4. The summed E-state index contributed by atoms with van der Waals surface area (Å²) >= 11 is 0. The summed E-state index contributed by atoms with van der Waals surface area (Å²) < 4.78 is 5.46. The molecule has 8 heteroatoms. The number of fused-ring (bicyclic) bond motifs is 1. The predicted molar refractivity (Wildman–Crippen MR) is 113 cm³/mol. The highest BCUT2D eigenvalue weighted by atomic mass is 16.3. The Morgan fingerprint density at radius 1 is 1.29 bits per heavy atom. The molecule has 1 aromatic carbocycles. The van der Waals surface area contributed by atoms with Crippen LogP contribution in [0.15, 0.2) is 53.1 Å². The molecular weight excluding hydrogens is 396 g/mol. The van der Waals surface area contributed by atoms with Crippen LogP contribution in [0.3, 0.4) is 0 Å². The normalized spacial score (nSPS) is 23.0. The minimum Gasteiger partial charge on any atom is -0.463 e. The molecule has 2 N–H and O–H groups in total. The SMILES string of the molecule is CN1C(=O)N[C@]2(CCC[C@H]2CNC(=O)c2cc(-c3ccco3)nc3ccccc23)C1=O. The molecule has 1 spiro atoms. The van der Waals surface area contributed by atoms with E-state index in [1.807, 2.05) is 24.3 Å². The first-order valence-corrected chi connectivity index (χ1v) is 10.3. The van der Waals surface area contributed by atoms with Crippen molar-refractivity contribution in [3.63, 3.8) is 0 Å². The Bertz CT molecular complexity index is 1190. The van der Waals surface area contributed by atoms with E-state index in [0.29, 0.717) is 35.5 Å². The average molecular weight is 418 g/mol. The first-order valence-electron chi connectivity index (χ1n) is 10.3. The fourth-order valence-electron chi connectivity index (χ4n) is 4.74. The number of furan rings is 1. The Morgan fingerprint density at radius 2 is 2.13 bits per heavy atom. The van der Waals surface area contributed by atoms with Crippen LogP contribution in [0.5, 0.6) is 0 Å². The Morgan fingerprint density at radius 3 is 2.87 bits per heavy atom. The monoisotopic (exact) mass is 418 g/mol. The van der Waals surface area contributed by atoms with E-state index in [0.717, 1.165) is 23.1 Å². The summed E-state index contributed by atoms with van der Waals surface area (Å²) in [5, 5.41) is 6.59. The van der Waals surface area contributed by atoms with E-state index in [1.54, 1.807) is 24.5 Å². The van der Waals surface area contributed by atoms with Crippen LogP contribution in [0.4, 0.5) is 4.79 Å². The van der Waals surface area contributed by atoms with Gasteiger partial charge in [-0.2, -0.15) is 0 Å². The summed E-state index contributed by atoms with van der Waals surface area (Å²) in [6, 6.07) is 12.4. The van der Waals surface area contributed by atoms with Gasteiger partial charge in [-0.3, -0.25) is 14.5 Å². The number of urea groups is 1. The Balaban J connectivity index is 1.42. The van der Waals surface area contributed by atoms with Crippen molar-refractivity contribution in [2.24, 2.45) is 5.92 Å². The molecule has 0 bridgehead atoms. The number of rotatable bonds is 4. The van der Waals surface area contributed by atoms with Gasteiger partial charge in [-0.25, -0.2) is 9.78 Å². The molecule has 1 saturated heterocycles. The van der Waals surface area contributed by atoms with E-state index in [-0.39, 0.29) is 23.8 Å². The lowest BCUT2D eigenvalue weighted by molar-refractivity contribution is -0.131. The van der Waals surface area contributed by atoms with Crippen molar-refractivity contribution in [1.29, 1.82) is 0 Å². The number of hydrogen-bond acceptors (Lipinski definition) is 5. The van der Waals surface area contributed by atoms with Gasteiger partial charge >= 0.3 is 6.03 Å². The summed E-state index contributed by atoms with van der Waals surface area (Å²) in [6.07, 6.45) is 3.73. The van der Waals surface area contributed by atoms with E-state index in [9.17, 15) is 14.4 Å². The first-order chi connectivity index (χ1) is 15.0. The van der Waals surface area contributed by atoms with E-state index in [2.05, 4.69) is 15.6 Å². The molecule has 4 amide bonds. The van der Waals surface area contributed by atoms with Crippen molar-refractivity contribution in [2.45, 2.75) is 24.8 Å². The number of nitrogens with one attached hydrogen (secondary N) is 2. The quantitative estimate of drug-likeness (QED) is 0.634. The van der Waals surface area contributed by atoms with Crippen LogP contribution >= 0.6 is 0 Å². The molecule has 8 nitrogen and oxygen atoms in total. The molecule has 1 aliphatic heterocycles. The molecule has 158 valence electrons. The summed E-state index contributed by atoms with van der Waals surface area (Å²) in [5.41, 5.74) is 0.839. The lowest BCUT2D eigenvalue weighted by atomic mass is 9.86. The number of likely N-dealkylation sites (N-methyl/N-ethyl adjacent to an activating group) is 1. The minimum atomic E-state index is -0.918. The standard InChI is InChI=1S/C23H22N4O4/c1-27-21(29)23(26-22(27)30)10-4-6-14(23)13-24-20(28)16-12-18(19-9-5-11-31-19)25-17-8-3-2-7-15(16)17/h2-3,5,7-9,11-12,14H,4,6,10,13H2,1H3,(H,24,28)(H,26,30)/t14-,23-/m0/s1. The number of carbonyl (C=O) groups is 3. The molecule has 0 radical (unpaired) electrons. The molecule has 3 heterocycles. The number of nitrogens with zero attached hydrogens (tertiary/aromatic N) is 2. The highest BCUT2D eigenvalue weighted by molar-refractivity contribution is 6.08. The molecular formula is C23H22N4O4. The van der Waals surface area contributed by atoms with Gasteiger partial charge in [-0.15, -0.1) is 0 Å². The van der Waals surface area contributed by atoms with Crippen LogP contribution in [0.1, 0.15) is 29.6 Å². The third kappa shape index (κ3) is 3.06. The number of hydrogen-bond donors (Lipinski definition) is 2. The lowest BCUT2D eigenvalue weighted by Crippen LogP contribution is -2.53. The number of benzene rings is 1. The second-order valence-electron chi connectivity index (χ2n) is 8.11. The summed E-state index contributed by atoms with van der Waals surface area (Å²) in [5.74, 6) is -0.0466. The maximum atomic E-state index is 13.2. The van der Waals surface area contributed by atoms with Crippen molar-refractivity contribution in [3.8, 4) is 11.5 Å². The molecule has 2 aliphatic rings. The number of pyridine rings is 1. The highest BCUT2D eigenvalue weighted by Crippen LogP contribution is 2.39. The van der Waals surface area contributed by atoms with Gasteiger partial charge in [0.05, 0.1) is 17.3 Å². The maximum Gasteiger partial charge on any atom is 0.324 e. The molecule has 2 aromatic heterocycles. The zero-order valence-corrected chi connectivity index (χ0v) is 17.1. The van der Waals surface area contributed by atoms with E-state index in [4.69, 9.17) is 4.42 Å². The number of imide groups is 1. The van der Waals surface area contributed by atoms with Crippen LogP contribution in [-0.2, 0) is 4.79 Å². The van der Waals surface area contributed by atoms with Crippen LogP contribution in [0.25, 0.3) is 22.4 Å². The van der Waals surface area contributed by atoms with Crippen molar-refractivity contribution >= 4 is 28.7 Å². The van der Waals surface area contributed by atoms with Crippen LogP contribution in [-0.4, -0.2) is 46.9 Å². The van der Waals surface area contributed by atoms with Crippen molar-refractivity contribution < 1.29 is 18.8 Å². The summed E-state index contributed by atoms with van der Waals surface area (Å²) in [6.45, 7) is 0.297. The van der Waals surface area contributed by atoms with Gasteiger partial charge in [0.2, 0.25) is 0 Å². The van der Waals surface area contributed by atoms with Gasteiger partial charge in [0.1, 0.15) is 11.2 Å². The number of aromatic nitrogens is 1. The van der Waals surface area contributed by atoms with Crippen molar-refractivity contribution in [1.82, 2.24) is 20.5 Å². The molecule has 1 aliphatic carbocycles. The largest absolute Gasteiger partial charge is 0.463 e. The molecule has 2 atom stereocenters. The summed E-state index contributed by atoms with van der Waals surface area (Å²) in [7, 11) is 1.49. The average Bonchev–Trinajstić information content (AvgIpc) is 3.50. The van der Waals surface area contributed by atoms with E-state index >= 15 is 0 Å². The summed E-state index contributed by atoms with van der Waals surface area (Å²) in [4.78, 5) is 43.7. The predicted octanol–water partition coefficient (Wildman–Crippen LogP) is 2.95. The second-order valence-corrected chi connectivity index (χ2v) is 8.11. The molecule has 5 rings (SSSR count). The first kappa shape index (κ1) is 19.3. The van der Waals surface area contributed by atoms with E-state index < -0.39 is 5.54 Å². The third-order valence-electron chi connectivity index (χ3n) is 6.38. The lowest BCUT2D eigenvalue weighted by Gasteiger charge is -2.28. The Kier molecular flexibility index (Phi) is 4.50. The maximum absolute atomic E-state index is 13.2. The van der Waals surface area contributed by atoms with Gasteiger partial charge < -0.3 is 15.1 Å². The number of carbonyl (C=O) groups excluding carboxylic acids is 3. The highest BCUT2D eigenvalue weighted by Gasteiger charge is 2.56.